The Morgan fingerprint density at radius 3 is 2.75 bits per heavy atom. The first kappa shape index (κ1) is 17.8. The van der Waals surface area contributed by atoms with Gasteiger partial charge in [-0.25, -0.2) is 4.79 Å². The van der Waals surface area contributed by atoms with Crippen LogP contribution in [-0.2, 0) is 4.79 Å². The number of rotatable bonds is 7. The molecule has 0 spiro atoms. The van der Waals surface area contributed by atoms with Crippen LogP contribution in [-0.4, -0.2) is 89.3 Å². The smallest absolute Gasteiger partial charge is 0.315 e. The van der Waals surface area contributed by atoms with E-state index in [0.29, 0.717) is 18.2 Å². The second-order valence-corrected chi connectivity index (χ2v) is 8.09. The van der Waals surface area contributed by atoms with Gasteiger partial charge in [-0.2, -0.15) is 11.8 Å². The summed E-state index contributed by atoms with van der Waals surface area (Å²) in [6.45, 7) is 4.17. The van der Waals surface area contributed by atoms with Crippen molar-refractivity contribution < 1.29 is 14.7 Å². The quantitative estimate of drug-likeness (QED) is 0.436. The number of carbonyl (C=O) groups is 2. The van der Waals surface area contributed by atoms with Crippen LogP contribution in [0.4, 0.5) is 4.79 Å². The van der Waals surface area contributed by atoms with E-state index in [-0.39, 0.29) is 30.6 Å². The van der Waals surface area contributed by atoms with E-state index in [4.69, 9.17) is 5.11 Å². The van der Waals surface area contributed by atoms with Crippen LogP contribution in [0.3, 0.4) is 0 Å². The summed E-state index contributed by atoms with van der Waals surface area (Å²) in [6.07, 6.45) is 3.64. The lowest BCUT2D eigenvalue weighted by molar-refractivity contribution is -0.133. The minimum Gasteiger partial charge on any atom is -0.395 e. The normalized spacial score (nSPS) is 30.1. The molecule has 8 heteroatoms. The Morgan fingerprint density at radius 1 is 1.21 bits per heavy atom. The fourth-order valence-electron chi connectivity index (χ4n) is 3.79. The predicted molar refractivity (Wildman–Crippen MR) is 94.1 cm³/mol. The highest BCUT2D eigenvalue weighted by Crippen LogP contribution is 2.33. The second kappa shape index (κ2) is 8.40. The molecular formula is C16H28N4O3S. The summed E-state index contributed by atoms with van der Waals surface area (Å²) >= 11 is 1.93. The number of β-amino-alcohol motifs (C(OH)–C–C–N with tert-alkyl or cyclic N) is 1. The average molecular weight is 356 g/mol. The first-order chi connectivity index (χ1) is 11.7. The number of fused-ring (bicyclic) bond motifs is 1. The maximum atomic E-state index is 12.3. The third-order valence-electron chi connectivity index (χ3n) is 5.21. The fourth-order valence-corrected chi connectivity index (χ4v) is 5.33. The summed E-state index contributed by atoms with van der Waals surface area (Å²) in [5.41, 5.74) is 0. The lowest BCUT2D eigenvalue weighted by atomic mass is 10.0. The van der Waals surface area contributed by atoms with Crippen molar-refractivity contribution in [3.63, 3.8) is 0 Å². The topological polar surface area (TPSA) is 84.9 Å². The van der Waals surface area contributed by atoms with Gasteiger partial charge in [0.15, 0.2) is 0 Å². The maximum absolute atomic E-state index is 12.3. The van der Waals surface area contributed by atoms with Gasteiger partial charge in [-0.15, -0.1) is 0 Å². The van der Waals surface area contributed by atoms with Gasteiger partial charge in [0.05, 0.1) is 18.7 Å². The molecule has 3 saturated heterocycles. The van der Waals surface area contributed by atoms with Crippen LogP contribution < -0.4 is 10.6 Å². The number of thioether (sulfide) groups is 1. The molecule has 7 nitrogen and oxygen atoms in total. The third-order valence-corrected chi connectivity index (χ3v) is 6.72. The first-order valence-electron chi connectivity index (χ1n) is 8.97. The van der Waals surface area contributed by atoms with Crippen molar-refractivity contribution in [3.8, 4) is 0 Å². The van der Waals surface area contributed by atoms with Gasteiger partial charge in [0.25, 0.3) is 0 Å². The molecule has 0 radical (unpaired) electrons. The fraction of sp³-hybridized carbons (Fsp3) is 0.875. The number of carbonyl (C=O) groups excluding carboxylic acids is 2. The number of unbranched alkanes of at least 4 members (excludes halogenated alkanes) is 1. The Bertz CT molecular complexity index is 457. The summed E-state index contributed by atoms with van der Waals surface area (Å²) < 4.78 is 0. The summed E-state index contributed by atoms with van der Waals surface area (Å²) in [5, 5.41) is 15.4. The van der Waals surface area contributed by atoms with Crippen molar-refractivity contribution in [1.29, 1.82) is 0 Å². The molecule has 0 saturated carbocycles. The number of aliphatic hydroxyl groups excluding tert-OH is 1. The standard InChI is InChI=1S/C16H28N4O3S/c21-10-9-19-5-7-20(8-6-19)14(22)4-2-1-3-13-15-12(11-24-13)17-16(23)18-15/h12-13,15,21H,1-11H2,(H2,17,18,23)/t12-,13-,15-/m0/s1. The summed E-state index contributed by atoms with van der Waals surface area (Å²) in [4.78, 5) is 27.8. The molecule has 3 rings (SSSR count). The van der Waals surface area contributed by atoms with Gasteiger partial charge in [0, 0.05) is 50.1 Å². The van der Waals surface area contributed by atoms with Crippen LogP contribution >= 0.6 is 11.8 Å². The summed E-state index contributed by atoms with van der Waals surface area (Å²) in [5.74, 6) is 1.25. The molecule has 0 aromatic carbocycles. The molecular weight excluding hydrogens is 328 g/mol. The van der Waals surface area contributed by atoms with Gasteiger partial charge in [-0.05, 0) is 12.8 Å². The predicted octanol–water partition coefficient (Wildman–Crippen LogP) is -0.151. The minimum absolute atomic E-state index is 0.0363. The van der Waals surface area contributed by atoms with Gasteiger partial charge in [0.1, 0.15) is 0 Å². The first-order valence-corrected chi connectivity index (χ1v) is 10.0. The van der Waals surface area contributed by atoms with Crippen molar-refractivity contribution >= 4 is 23.7 Å². The van der Waals surface area contributed by atoms with Crippen molar-refractivity contribution in [1.82, 2.24) is 20.4 Å². The van der Waals surface area contributed by atoms with E-state index in [2.05, 4.69) is 15.5 Å². The Morgan fingerprint density at radius 2 is 2.00 bits per heavy atom. The molecule has 3 amide bonds. The lowest BCUT2D eigenvalue weighted by Crippen LogP contribution is -2.49. The van der Waals surface area contributed by atoms with Crippen LogP contribution in [0, 0.1) is 0 Å². The van der Waals surface area contributed by atoms with Gasteiger partial charge in [-0.1, -0.05) is 6.42 Å². The highest BCUT2D eigenvalue weighted by molar-refractivity contribution is 8.00. The zero-order chi connectivity index (χ0) is 16.9. The Labute approximate surface area is 147 Å². The van der Waals surface area contributed by atoms with Gasteiger partial charge < -0.3 is 20.6 Å². The zero-order valence-corrected chi connectivity index (χ0v) is 14.9. The number of amides is 3. The molecule has 0 bridgehead atoms. The molecule has 3 aliphatic rings. The van der Waals surface area contributed by atoms with E-state index < -0.39 is 0 Å². The second-order valence-electron chi connectivity index (χ2n) is 6.81. The molecule has 24 heavy (non-hydrogen) atoms. The molecule has 0 unspecified atom stereocenters. The molecule has 0 aliphatic carbocycles. The number of hydrogen-bond acceptors (Lipinski definition) is 5. The number of nitrogens with zero attached hydrogens (tertiary/aromatic N) is 2. The highest BCUT2D eigenvalue weighted by Gasteiger charge is 2.42. The molecule has 0 aromatic rings. The molecule has 3 heterocycles. The SMILES string of the molecule is O=C1N[C@H]2[C@H](CS[C@H]2CCCCC(=O)N2CCN(CCO)CC2)N1. The van der Waals surface area contributed by atoms with E-state index in [1.54, 1.807) is 0 Å². The third kappa shape index (κ3) is 4.34. The number of hydrogen-bond donors (Lipinski definition) is 3. The van der Waals surface area contributed by atoms with E-state index in [0.717, 1.165) is 51.2 Å². The van der Waals surface area contributed by atoms with Crippen molar-refractivity contribution in [2.24, 2.45) is 0 Å². The number of aliphatic hydroxyl groups is 1. The monoisotopic (exact) mass is 356 g/mol. The summed E-state index contributed by atoms with van der Waals surface area (Å²) in [6, 6.07) is 0.507. The zero-order valence-electron chi connectivity index (χ0n) is 14.1. The maximum Gasteiger partial charge on any atom is 0.315 e. The van der Waals surface area contributed by atoms with Gasteiger partial charge in [0.2, 0.25) is 5.91 Å². The number of piperazine rings is 1. The molecule has 3 atom stereocenters. The largest absolute Gasteiger partial charge is 0.395 e. The van der Waals surface area contributed by atoms with Crippen LogP contribution in [0.25, 0.3) is 0 Å². The summed E-state index contributed by atoms with van der Waals surface area (Å²) in [7, 11) is 0. The van der Waals surface area contributed by atoms with Gasteiger partial charge in [-0.3, -0.25) is 9.69 Å². The molecule has 3 aliphatic heterocycles. The molecule has 136 valence electrons. The van der Waals surface area contributed by atoms with Gasteiger partial charge >= 0.3 is 6.03 Å². The van der Waals surface area contributed by atoms with E-state index >= 15 is 0 Å². The van der Waals surface area contributed by atoms with Crippen molar-refractivity contribution in [2.45, 2.75) is 43.0 Å². The Balaban J connectivity index is 1.30. The van der Waals surface area contributed by atoms with Crippen LogP contribution in [0.5, 0.6) is 0 Å². The van der Waals surface area contributed by atoms with Crippen LogP contribution in [0.2, 0.25) is 0 Å². The molecule has 3 N–H and O–H groups in total. The molecule has 3 fully saturated rings. The Hall–Kier alpha value is -0.990. The van der Waals surface area contributed by atoms with Crippen molar-refractivity contribution in [3.05, 3.63) is 0 Å². The van der Waals surface area contributed by atoms with E-state index in [1.165, 1.54) is 0 Å². The van der Waals surface area contributed by atoms with E-state index in [1.807, 2.05) is 16.7 Å². The minimum atomic E-state index is -0.0363. The van der Waals surface area contributed by atoms with Crippen LogP contribution in [0.1, 0.15) is 25.7 Å². The van der Waals surface area contributed by atoms with Crippen molar-refractivity contribution in [2.75, 3.05) is 45.1 Å². The number of urea groups is 1. The molecule has 0 aromatic heterocycles. The van der Waals surface area contributed by atoms with Crippen LogP contribution in [0.15, 0.2) is 0 Å². The Kier molecular flexibility index (Phi) is 6.24. The highest BCUT2D eigenvalue weighted by atomic mass is 32.2. The average Bonchev–Trinajstić information content (AvgIpc) is 3.12. The number of nitrogens with one attached hydrogen (secondary N) is 2. The van der Waals surface area contributed by atoms with E-state index in [9.17, 15) is 9.59 Å². The lowest BCUT2D eigenvalue weighted by Gasteiger charge is -2.34.